The summed E-state index contributed by atoms with van der Waals surface area (Å²) < 4.78 is 6.82. The number of fused-ring (bicyclic) bond motifs is 1. The zero-order chi connectivity index (χ0) is 16.4. The largest absolute Gasteiger partial charge is 0.467 e. The van der Waals surface area contributed by atoms with Crippen molar-refractivity contribution < 1.29 is 9.21 Å². The number of carbonyl (C=O) groups excluding carboxylic acids is 1. The van der Waals surface area contributed by atoms with Crippen LogP contribution in [0.15, 0.2) is 38.8 Å². The SMILES string of the molecule is CC(C)c1cc(=O)n2c(n1)SCC2CC(=O)NCc1ccco1. The summed E-state index contributed by atoms with van der Waals surface area (Å²) in [5.74, 6) is 1.52. The molecule has 0 spiro atoms. The minimum atomic E-state index is -0.146. The molecule has 7 heteroatoms. The molecule has 1 aliphatic rings. The topological polar surface area (TPSA) is 77.1 Å². The van der Waals surface area contributed by atoms with Crippen molar-refractivity contribution in [3.8, 4) is 0 Å². The van der Waals surface area contributed by atoms with Gasteiger partial charge in [-0.25, -0.2) is 4.98 Å². The number of nitrogens with one attached hydrogen (secondary N) is 1. The van der Waals surface area contributed by atoms with Gasteiger partial charge in [-0.3, -0.25) is 14.2 Å². The van der Waals surface area contributed by atoms with Crippen molar-refractivity contribution >= 4 is 17.7 Å². The first-order valence-electron chi connectivity index (χ1n) is 7.60. The highest BCUT2D eigenvalue weighted by Crippen LogP contribution is 2.32. The minimum Gasteiger partial charge on any atom is -0.467 e. The fourth-order valence-corrected chi connectivity index (χ4v) is 3.66. The van der Waals surface area contributed by atoms with E-state index in [0.717, 1.165) is 5.69 Å². The van der Waals surface area contributed by atoms with Crippen molar-refractivity contribution in [3.63, 3.8) is 0 Å². The first kappa shape index (κ1) is 15.9. The van der Waals surface area contributed by atoms with Crippen LogP contribution in [-0.4, -0.2) is 21.2 Å². The summed E-state index contributed by atoms with van der Waals surface area (Å²) in [5, 5.41) is 3.53. The van der Waals surface area contributed by atoms with Crippen LogP contribution in [0.3, 0.4) is 0 Å². The quantitative estimate of drug-likeness (QED) is 0.850. The molecule has 0 saturated heterocycles. The summed E-state index contributed by atoms with van der Waals surface area (Å²) in [4.78, 5) is 29.0. The molecule has 3 heterocycles. The fourth-order valence-electron chi connectivity index (χ4n) is 2.50. The smallest absolute Gasteiger partial charge is 0.254 e. The zero-order valence-electron chi connectivity index (χ0n) is 13.1. The van der Waals surface area contributed by atoms with E-state index in [9.17, 15) is 9.59 Å². The molecule has 0 fully saturated rings. The van der Waals surface area contributed by atoms with E-state index in [2.05, 4.69) is 10.3 Å². The lowest BCUT2D eigenvalue weighted by atomic mass is 10.1. The molecule has 3 rings (SSSR count). The van der Waals surface area contributed by atoms with Gasteiger partial charge >= 0.3 is 0 Å². The van der Waals surface area contributed by atoms with Gasteiger partial charge in [0.2, 0.25) is 5.91 Å². The number of furan rings is 1. The summed E-state index contributed by atoms with van der Waals surface area (Å²) in [6.45, 7) is 4.38. The second-order valence-corrected chi connectivity index (χ2v) is 6.84. The highest BCUT2D eigenvalue weighted by Gasteiger charge is 2.28. The van der Waals surface area contributed by atoms with E-state index in [4.69, 9.17) is 4.42 Å². The van der Waals surface area contributed by atoms with Gasteiger partial charge in [0, 0.05) is 18.2 Å². The second-order valence-electron chi connectivity index (χ2n) is 5.85. The third kappa shape index (κ3) is 3.50. The predicted molar refractivity (Wildman–Crippen MR) is 87.5 cm³/mol. The molecule has 0 bridgehead atoms. The Labute approximate surface area is 138 Å². The van der Waals surface area contributed by atoms with Crippen LogP contribution < -0.4 is 10.9 Å². The average molecular weight is 333 g/mol. The van der Waals surface area contributed by atoms with Crippen LogP contribution >= 0.6 is 11.8 Å². The van der Waals surface area contributed by atoms with Crippen LogP contribution in [0.25, 0.3) is 0 Å². The number of carbonyl (C=O) groups is 1. The Hall–Kier alpha value is -2.02. The molecule has 0 saturated carbocycles. The molecule has 122 valence electrons. The molecule has 2 aromatic heterocycles. The molecule has 0 aromatic carbocycles. The third-order valence-electron chi connectivity index (χ3n) is 3.76. The molecule has 1 atom stereocenters. The van der Waals surface area contributed by atoms with Crippen LogP contribution in [-0.2, 0) is 11.3 Å². The first-order chi connectivity index (χ1) is 11.0. The molecular weight excluding hydrogens is 314 g/mol. The van der Waals surface area contributed by atoms with Crippen molar-refractivity contribution in [2.24, 2.45) is 0 Å². The van der Waals surface area contributed by atoms with Gasteiger partial charge in [-0.1, -0.05) is 25.6 Å². The Bertz CT molecular complexity index is 752. The average Bonchev–Trinajstić information content (AvgIpc) is 3.15. The number of hydrogen-bond acceptors (Lipinski definition) is 5. The molecule has 6 nitrogen and oxygen atoms in total. The van der Waals surface area contributed by atoms with Crippen molar-refractivity contribution in [2.75, 3.05) is 5.75 Å². The fraction of sp³-hybridized carbons (Fsp3) is 0.438. The van der Waals surface area contributed by atoms with Crippen LogP contribution in [0.2, 0.25) is 0 Å². The Morgan fingerprint density at radius 1 is 1.57 bits per heavy atom. The number of nitrogens with zero attached hydrogens (tertiary/aromatic N) is 2. The summed E-state index contributed by atoms with van der Waals surface area (Å²) in [6, 6.07) is 5.02. The lowest BCUT2D eigenvalue weighted by Gasteiger charge is -2.14. The number of thioether (sulfide) groups is 1. The maximum absolute atomic E-state index is 12.3. The van der Waals surface area contributed by atoms with E-state index < -0.39 is 0 Å². The molecule has 1 N–H and O–H groups in total. The molecule has 2 aromatic rings. The summed E-state index contributed by atoms with van der Waals surface area (Å²) in [5.41, 5.74) is 0.726. The molecule has 0 aliphatic carbocycles. The van der Waals surface area contributed by atoms with Crippen molar-refractivity contribution in [2.45, 2.75) is 43.9 Å². The highest BCUT2D eigenvalue weighted by atomic mass is 32.2. The Balaban J connectivity index is 1.68. The molecule has 0 radical (unpaired) electrons. The van der Waals surface area contributed by atoms with E-state index in [1.807, 2.05) is 19.9 Å². The number of amides is 1. The third-order valence-corrected chi connectivity index (χ3v) is 4.86. The van der Waals surface area contributed by atoms with Crippen LogP contribution in [0.5, 0.6) is 0 Å². The van der Waals surface area contributed by atoms with Gasteiger partial charge in [-0.05, 0) is 18.1 Å². The molecule has 1 aliphatic heterocycles. The van der Waals surface area contributed by atoms with Gasteiger partial charge in [0.25, 0.3) is 5.56 Å². The standard InChI is InChI=1S/C16H19N3O3S/c1-10(2)13-7-15(21)19-11(9-23-16(19)18-13)6-14(20)17-8-12-4-3-5-22-12/h3-5,7,10-11H,6,8-9H2,1-2H3,(H,17,20). The van der Waals surface area contributed by atoms with Gasteiger partial charge in [0.05, 0.1) is 24.5 Å². The summed E-state index contributed by atoms with van der Waals surface area (Å²) in [6.07, 6.45) is 1.84. The number of aromatic nitrogens is 2. The van der Waals surface area contributed by atoms with E-state index in [0.29, 0.717) is 23.2 Å². The van der Waals surface area contributed by atoms with Gasteiger partial charge in [0.1, 0.15) is 5.76 Å². The molecular formula is C16H19N3O3S. The van der Waals surface area contributed by atoms with Crippen molar-refractivity contribution in [1.29, 1.82) is 0 Å². The predicted octanol–water partition coefficient (Wildman–Crippen LogP) is 2.31. The van der Waals surface area contributed by atoms with Crippen LogP contribution in [0.1, 0.15) is 43.7 Å². The van der Waals surface area contributed by atoms with Gasteiger partial charge in [-0.15, -0.1) is 0 Å². The molecule has 23 heavy (non-hydrogen) atoms. The van der Waals surface area contributed by atoms with Crippen LogP contribution in [0.4, 0.5) is 0 Å². The van der Waals surface area contributed by atoms with E-state index in [-0.39, 0.29) is 29.8 Å². The van der Waals surface area contributed by atoms with E-state index in [1.165, 1.54) is 11.8 Å². The molecule has 1 unspecified atom stereocenters. The lowest BCUT2D eigenvalue weighted by Crippen LogP contribution is -2.30. The van der Waals surface area contributed by atoms with Gasteiger partial charge in [-0.2, -0.15) is 0 Å². The van der Waals surface area contributed by atoms with Gasteiger partial charge in [0.15, 0.2) is 5.16 Å². The first-order valence-corrected chi connectivity index (χ1v) is 8.58. The van der Waals surface area contributed by atoms with Gasteiger partial charge < -0.3 is 9.73 Å². The zero-order valence-corrected chi connectivity index (χ0v) is 13.9. The Kier molecular flexibility index (Phi) is 4.56. The maximum Gasteiger partial charge on any atom is 0.254 e. The number of hydrogen-bond donors (Lipinski definition) is 1. The minimum absolute atomic E-state index is 0.0764. The number of rotatable bonds is 5. The molecule has 1 amide bonds. The summed E-state index contributed by atoms with van der Waals surface area (Å²) in [7, 11) is 0. The normalized spacial score (nSPS) is 16.6. The van der Waals surface area contributed by atoms with Crippen molar-refractivity contribution in [1.82, 2.24) is 14.9 Å². The monoisotopic (exact) mass is 333 g/mol. The summed E-state index contributed by atoms with van der Waals surface area (Å²) >= 11 is 1.53. The Morgan fingerprint density at radius 2 is 2.39 bits per heavy atom. The maximum atomic E-state index is 12.3. The van der Waals surface area contributed by atoms with E-state index >= 15 is 0 Å². The Morgan fingerprint density at radius 3 is 3.09 bits per heavy atom. The lowest BCUT2D eigenvalue weighted by molar-refractivity contribution is -0.122. The second kappa shape index (κ2) is 6.62. The van der Waals surface area contributed by atoms with E-state index in [1.54, 1.807) is 23.0 Å². The highest BCUT2D eigenvalue weighted by molar-refractivity contribution is 7.99. The van der Waals surface area contributed by atoms with Crippen LogP contribution in [0, 0.1) is 0 Å². The van der Waals surface area contributed by atoms with Crippen molar-refractivity contribution in [3.05, 3.63) is 46.3 Å².